The van der Waals surface area contributed by atoms with E-state index in [1.54, 1.807) is 16.4 Å². The summed E-state index contributed by atoms with van der Waals surface area (Å²) in [4.78, 5) is 32.1. The van der Waals surface area contributed by atoms with Crippen LogP contribution in [0.1, 0.15) is 39.8 Å². The maximum atomic E-state index is 13.5. The number of thiol groups is 1. The summed E-state index contributed by atoms with van der Waals surface area (Å²) in [5, 5.41) is 0. The lowest BCUT2D eigenvalue weighted by atomic mass is 9.94. The molecule has 0 saturated carbocycles. The van der Waals surface area contributed by atoms with Crippen molar-refractivity contribution < 1.29 is 4.79 Å². The number of amidine groups is 1. The summed E-state index contributed by atoms with van der Waals surface area (Å²) >= 11 is 7.69. The summed E-state index contributed by atoms with van der Waals surface area (Å²) < 4.78 is 7.09. The lowest BCUT2D eigenvalue weighted by Gasteiger charge is -2.38. The molecular formula is C25H32BrN5O2S. The second-order valence-electron chi connectivity index (χ2n) is 7.56. The van der Waals surface area contributed by atoms with Gasteiger partial charge in [0.25, 0.3) is 5.56 Å². The predicted octanol–water partition coefficient (Wildman–Crippen LogP) is 5.57. The smallest absolute Gasteiger partial charge is 0.295 e. The molecule has 0 bridgehead atoms. The number of amides is 1. The van der Waals surface area contributed by atoms with E-state index in [1.807, 2.05) is 89.2 Å². The van der Waals surface area contributed by atoms with Crippen molar-refractivity contribution in [3.05, 3.63) is 75.1 Å². The van der Waals surface area contributed by atoms with E-state index in [0.29, 0.717) is 35.7 Å². The first-order valence-corrected chi connectivity index (χ1v) is 12.4. The van der Waals surface area contributed by atoms with Gasteiger partial charge in [0.2, 0.25) is 6.41 Å². The Morgan fingerprint density at radius 1 is 1.18 bits per heavy atom. The van der Waals surface area contributed by atoms with Crippen molar-refractivity contribution in [1.29, 1.82) is 0 Å². The van der Waals surface area contributed by atoms with Crippen LogP contribution in [0.2, 0.25) is 0 Å². The van der Waals surface area contributed by atoms with Gasteiger partial charge in [0.15, 0.2) is 0 Å². The molecule has 182 valence electrons. The molecular weight excluding hydrogens is 514 g/mol. The average molecular weight is 547 g/mol. The highest BCUT2D eigenvalue weighted by atomic mass is 79.9. The summed E-state index contributed by atoms with van der Waals surface area (Å²) in [5.41, 5.74) is 1.13. The van der Waals surface area contributed by atoms with Crippen LogP contribution >= 0.6 is 28.7 Å². The van der Waals surface area contributed by atoms with Crippen molar-refractivity contribution in [3.63, 3.8) is 0 Å². The van der Waals surface area contributed by atoms with Crippen molar-refractivity contribution >= 4 is 52.4 Å². The van der Waals surface area contributed by atoms with E-state index in [1.165, 1.54) is 4.90 Å². The molecule has 1 aromatic heterocycles. The van der Waals surface area contributed by atoms with Crippen LogP contribution in [-0.4, -0.2) is 27.1 Å². The molecule has 1 heterocycles. The minimum atomic E-state index is -0.948. The number of nitrogens with one attached hydrogen (secondary N) is 1. The number of para-hydroxylation sites is 1. The number of aromatic nitrogens is 2. The fourth-order valence-electron chi connectivity index (χ4n) is 3.61. The monoisotopic (exact) mass is 545 g/mol. The average Bonchev–Trinajstić information content (AvgIpc) is 3.08. The van der Waals surface area contributed by atoms with Gasteiger partial charge in [-0.15, -0.1) is 0 Å². The summed E-state index contributed by atoms with van der Waals surface area (Å²) in [6, 6.07) is 16.8. The van der Waals surface area contributed by atoms with Crippen LogP contribution in [0, 0.1) is 6.92 Å². The molecule has 0 spiro atoms. The van der Waals surface area contributed by atoms with E-state index in [-0.39, 0.29) is 5.56 Å². The Kier molecular flexibility index (Phi) is 9.76. The first-order valence-electron chi connectivity index (χ1n) is 11.1. The van der Waals surface area contributed by atoms with Gasteiger partial charge in [-0.25, -0.2) is 9.67 Å². The Balaban J connectivity index is 0.00000199. The molecule has 1 atom stereocenters. The van der Waals surface area contributed by atoms with E-state index in [9.17, 15) is 9.59 Å². The molecule has 0 fully saturated rings. The fraction of sp³-hybridized carbons (Fsp3) is 0.320. The first kappa shape index (κ1) is 27.5. The van der Waals surface area contributed by atoms with Crippen molar-refractivity contribution in [2.45, 2.75) is 46.6 Å². The minimum Gasteiger partial charge on any atom is -0.318 e. The third-order valence-electron chi connectivity index (χ3n) is 5.77. The SMILES string of the molecule is CC.CCC(C)(C(=Nc1ccc(Br)cc1)NS)N(C=O)c1c(C)n(C)n(-c2ccccc2)c1=O. The molecule has 0 aliphatic heterocycles. The molecule has 1 N–H and O–H groups in total. The lowest BCUT2D eigenvalue weighted by Crippen LogP contribution is -2.56. The van der Waals surface area contributed by atoms with Crippen LogP contribution in [0.3, 0.4) is 0 Å². The molecule has 1 amide bonds. The Labute approximate surface area is 215 Å². The number of benzene rings is 2. The van der Waals surface area contributed by atoms with Crippen LogP contribution in [0.4, 0.5) is 11.4 Å². The third-order valence-corrected chi connectivity index (χ3v) is 6.51. The van der Waals surface area contributed by atoms with Crippen molar-refractivity contribution in [2.24, 2.45) is 12.0 Å². The summed E-state index contributed by atoms with van der Waals surface area (Å²) in [6.07, 6.45) is 1.18. The largest absolute Gasteiger partial charge is 0.318 e. The number of hydrogen-bond donors (Lipinski definition) is 2. The van der Waals surface area contributed by atoms with Gasteiger partial charge >= 0.3 is 0 Å². The van der Waals surface area contributed by atoms with Gasteiger partial charge in [-0.05, 0) is 56.7 Å². The molecule has 0 aliphatic carbocycles. The van der Waals surface area contributed by atoms with Crippen LogP contribution in [0.5, 0.6) is 0 Å². The molecule has 0 radical (unpaired) electrons. The highest BCUT2D eigenvalue weighted by Crippen LogP contribution is 2.29. The number of rotatable bonds is 7. The van der Waals surface area contributed by atoms with Gasteiger partial charge in [0.05, 0.1) is 17.1 Å². The topological polar surface area (TPSA) is 71.6 Å². The number of aliphatic imine (C=N–C) groups is 1. The number of halogens is 1. The van der Waals surface area contributed by atoms with Gasteiger partial charge in [0.1, 0.15) is 17.1 Å². The van der Waals surface area contributed by atoms with Gasteiger partial charge in [-0.3, -0.25) is 19.2 Å². The van der Waals surface area contributed by atoms with Crippen LogP contribution in [-0.2, 0) is 11.8 Å². The number of carbonyl (C=O) groups excluding carboxylic acids is 1. The molecule has 0 aliphatic rings. The first-order chi connectivity index (χ1) is 16.3. The van der Waals surface area contributed by atoms with E-state index < -0.39 is 5.54 Å². The Hall–Kier alpha value is -2.78. The van der Waals surface area contributed by atoms with E-state index in [0.717, 1.165) is 10.2 Å². The molecule has 2 aromatic carbocycles. The second-order valence-corrected chi connectivity index (χ2v) is 8.70. The Bertz CT molecular complexity index is 1190. The number of anilines is 1. The van der Waals surface area contributed by atoms with Crippen LogP contribution in [0.25, 0.3) is 5.69 Å². The molecule has 7 nitrogen and oxygen atoms in total. The normalized spacial score (nSPS) is 12.9. The van der Waals surface area contributed by atoms with Crippen LogP contribution in [0.15, 0.2) is 68.9 Å². The fourth-order valence-corrected chi connectivity index (χ4v) is 4.17. The van der Waals surface area contributed by atoms with Gasteiger partial charge in [0, 0.05) is 11.5 Å². The third kappa shape index (κ3) is 5.31. The second kappa shape index (κ2) is 12.1. The summed E-state index contributed by atoms with van der Waals surface area (Å²) in [6.45, 7) is 9.62. The molecule has 3 aromatic rings. The lowest BCUT2D eigenvalue weighted by molar-refractivity contribution is -0.108. The number of hydrogen-bond acceptors (Lipinski definition) is 4. The zero-order chi connectivity index (χ0) is 25.5. The van der Waals surface area contributed by atoms with Crippen LogP contribution < -0.4 is 15.2 Å². The highest BCUT2D eigenvalue weighted by Gasteiger charge is 2.39. The standard InChI is InChI=1S/C23H26BrN5O2S.C2H6/c1-5-23(3,22(26-32)25-18-13-11-17(24)12-14-18)28(15-30)20-16(2)27(4)29(21(20)31)19-9-7-6-8-10-19;1-2/h6-15,32H,5H2,1-4H3,(H,25,26);1-2H3. The van der Waals surface area contributed by atoms with Crippen molar-refractivity contribution in [1.82, 2.24) is 14.1 Å². The molecule has 1 unspecified atom stereocenters. The Morgan fingerprint density at radius 2 is 1.76 bits per heavy atom. The maximum Gasteiger partial charge on any atom is 0.295 e. The number of nitrogens with zero attached hydrogens (tertiary/aromatic N) is 4. The molecule has 3 rings (SSSR count). The zero-order valence-corrected chi connectivity index (χ0v) is 22.9. The van der Waals surface area contributed by atoms with Gasteiger partial charge < -0.3 is 4.72 Å². The molecule has 34 heavy (non-hydrogen) atoms. The van der Waals surface area contributed by atoms with E-state index in [2.05, 4.69) is 33.5 Å². The molecule has 9 heteroatoms. The molecule has 0 saturated heterocycles. The van der Waals surface area contributed by atoms with Gasteiger partial charge in [-0.2, -0.15) is 0 Å². The minimum absolute atomic E-state index is 0.287. The Morgan fingerprint density at radius 3 is 2.26 bits per heavy atom. The maximum absolute atomic E-state index is 13.5. The van der Waals surface area contributed by atoms with E-state index >= 15 is 0 Å². The number of carbonyl (C=O) groups is 1. The highest BCUT2D eigenvalue weighted by molar-refractivity contribution is 9.10. The van der Waals surface area contributed by atoms with Gasteiger partial charge in [-0.1, -0.05) is 67.7 Å². The van der Waals surface area contributed by atoms with Crippen molar-refractivity contribution in [3.8, 4) is 5.69 Å². The predicted molar refractivity (Wildman–Crippen MR) is 148 cm³/mol. The zero-order valence-electron chi connectivity index (χ0n) is 20.4. The quantitative estimate of drug-likeness (QED) is 0.176. The van der Waals surface area contributed by atoms with Crippen molar-refractivity contribution in [2.75, 3.05) is 4.90 Å². The summed E-state index contributed by atoms with van der Waals surface area (Å²) in [7, 11) is 1.80. The van der Waals surface area contributed by atoms with E-state index in [4.69, 9.17) is 4.99 Å². The summed E-state index contributed by atoms with van der Waals surface area (Å²) in [5.74, 6) is 0.451.